The summed E-state index contributed by atoms with van der Waals surface area (Å²) in [6, 6.07) is 5.46. The fourth-order valence-corrected chi connectivity index (χ4v) is 7.14. The van der Waals surface area contributed by atoms with Gasteiger partial charge >= 0.3 is 0 Å². The van der Waals surface area contributed by atoms with Gasteiger partial charge in [0.05, 0.1) is 11.3 Å². The Kier molecular flexibility index (Phi) is 5.39. The molecule has 4 heterocycles. The summed E-state index contributed by atoms with van der Waals surface area (Å²) in [5, 5.41) is 8.21. The minimum Gasteiger partial charge on any atom is -0.361 e. The number of thiophene rings is 1. The predicted octanol–water partition coefficient (Wildman–Crippen LogP) is 3.85. The molecule has 0 bridgehead atoms. The Morgan fingerprint density at radius 3 is 2.86 bits per heavy atom. The highest BCUT2D eigenvalue weighted by molar-refractivity contribution is 7.91. The minimum atomic E-state index is -3.53. The maximum atomic E-state index is 13.4. The molecule has 4 rings (SSSR count). The fraction of sp³-hybridized carbons (Fsp3) is 0.474. The highest BCUT2D eigenvalue weighted by Gasteiger charge is 2.34. The third-order valence-corrected chi connectivity index (χ3v) is 8.77. The first-order chi connectivity index (χ1) is 13.5. The molecule has 0 N–H and O–H groups in total. The van der Waals surface area contributed by atoms with E-state index in [4.69, 9.17) is 4.52 Å². The molecule has 1 atom stereocenters. The maximum absolute atomic E-state index is 13.4. The number of hydrogen-bond donors (Lipinski definition) is 0. The fourth-order valence-electron chi connectivity index (χ4n) is 3.84. The average molecular weight is 421 g/mol. The smallest absolute Gasteiger partial charge is 0.252 e. The number of aromatic nitrogens is 3. The molecule has 0 aliphatic carbocycles. The van der Waals surface area contributed by atoms with Gasteiger partial charge in [0.15, 0.2) is 0 Å². The monoisotopic (exact) mass is 420 g/mol. The lowest BCUT2D eigenvalue weighted by atomic mass is 10.0. The standard InChI is InChI=1S/C19H24N4O3S2/c1-14-19(15(2)26-21-14)17-7-8-18(27-17)28(24,25)23-12-4-3-6-16(23)9-13-22-11-5-10-20-22/h5,7-8,10-11,16H,3-4,6,9,12-13H2,1-2H3. The third kappa shape index (κ3) is 3.66. The summed E-state index contributed by atoms with van der Waals surface area (Å²) in [7, 11) is -3.53. The van der Waals surface area contributed by atoms with Gasteiger partial charge in [-0.25, -0.2) is 8.42 Å². The van der Waals surface area contributed by atoms with E-state index < -0.39 is 10.0 Å². The third-order valence-electron chi connectivity index (χ3n) is 5.25. The van der Waals surface area contributed by atoms with Gasteiger partial charge in [-0.2, -0.15) is 9.40 Å². The van der Waals surface area contributed by atoms with E-state index in [-0.39, 0.29) is 6.04 Å². The van der Waals surface area contributed by atoms with Gasteiger partial charge in [0.25, 0.3) is 10.0 Å². The van der Waals surface area contributed by atoms with Crippen LogP contribution in [-0.4, -0.2) is 40.2 Å². The Morgan fingerprint density at radius 1 is 1.29 bits per heavy atom. The molecule has 3 aromatic heterocycles. The van der Waals surface area contributed by atoms with Crippen LogP contribution in [0.5, 0.6) is 0 Å². The van der Waals surface area contributed by atoms with E-state index in [1.165, 1.54) is 11.3 Å². The van der Waals surface area contributed by atoms with Crippen LogP contribution in [0.1, 0.15) is 37.1 Å². The Hall–Kier alpha value is -1.97. The Morgan fingerprint density at radius 2 is 2.14 bits per heavy atom. The van der Waals surface area contributed by atoms with Gasteiger partial charge in [-0.05, 0) is 51.3 Å². The van der Waals surface area contributed by atoms with E-state index in [2.05, 4.69) is 10.3 Å². The van der Waals surface area contributed by atoms with E-state index >= 15 is 0 Å². The van der Waals surface area contributed by atoms with E-state index in [0.29, 0.717) is 16.5 Å². The van der Waals surface area contributed by atoms with Gasteiger partial charge in [-0.1, -0.05) is 11.6 Å². The largest absolute Gasteiger partial charge is 0.361 e. The lowest BCUT2D eigenvalue weighted by molar-refractivity contribution is 0.232. The van der Waals surface area contributed by atoms with Crippen LogP contribution >= 0.6 is 11.3 Å². The molecule has 1 aliphatic heterocycles. The number of hydrogen-bond acceptors (Lipinski definition) is 6. The molecule has 28 heavy (non-hydrogen) atoms. The molecule has 0 saturated carbocycles. The van der Waals surface area contributed by atoms with Crippen molar-refractivity contribution in [3.05, 3.63) is 42.0 Å². The minimum absolute atomic E-state index is 0.00700. The number of nitrogens with zero attached hydrogens (tertiary/aromatic N) is 4. The van der Waals surface area contributed by atoms with Crippen LogP contribution in [0, 0.1) is 13.8 Å². The van der Waals surface area contributed by atoms with Crippen LogP contribution < -0.4 is 0 Å². The van der Waals surface area contributed by atoms with Crippen molar-refractivity contribution in [2.24, 2.45) is 0 Å². The van der Waals surface area contributed by atoms with Crippen molar-refractivity contribution in [3.63, 3.8) is 0 Å². The molecular formula is C19H24N4O3S2. The van der Waals surface area contributed by atoms with Gasteiger partial charge in [0, 0.05) is 36.4 Å². The quantitative estimate of drug-likeness (QED) is 0.605. The summed E-state index contributed by atoms with van der Waals surface area (Å²) >= 11 is 1.29. The molecule has 0 spiro atoms. The van der Waals surface area contributed by atoms with Crippen molar-refractivity contribution in [1.82, 2.24) is 19.2 Å². The van der Waals surface area contributed by atoms with E-state index in [1.54, 1.807) is 16.6 Å². The number of rotatable bonds is 6. The predicted molar refractivity (Wildman–Crippen MR) is 108 cm³/mol. The molecule has 1 unspecified atom stereocenters. The Bertz CT molecular complexity index is 1020. The summed E-state index contributed by atoms with van der Waals surface area (Å²) in [6.45, 7) is 5.01. The average Bonchev–Trinajstić information content (AvgIpc) is 3.42. The molecule has 1 saturated heterocycles. The number of piperidine rings is 1. The summed E-state index contributed by atoms with van der Waals surface area (Å²) in [5.74, 6) is 0.707. The zero-order valence-corrected chi connectivity index (χ0v) is 17.7. The molecule has 1 aliphatic rings. The van der Waals surface area contributed by atoms with Crippen molar-refractivity contribution < 1.29 is 12.9 Å². The molecule has 9 heteroatoms. The Balaban J connectivity index is 1.57. The second kappa shape index (κ2) is 7.81. The first-order valence-corrected chi connectivity index (χ1v) is 11.7. The van der Waals surface area contributed by atoms with Crippen LogP contribution in [0.25, 0.3) is 10.4 Å². The van der Waals surface area contributed by atoms with Crippen molar-refractivity contribution in [2.75, 3.05) is 6.54 Å². The normalized spacial score (nSPS) is 18.6. The summed E-state index contributed by atoms with van der Waals surface area (Å²) in [6.07, 6.45) is 7.28. The zero-order chi connectivity index (χ0) is 19.7. The van der Waals surface area contributed by atoms with Crippen LogP contribution in [0.4, 0.5) is 0 Å². The summed E-state index contributed by atoms with van der Waals surface area (Å²) in [5.41, 5.74) is 1.67. The second-order valence-corrected chi connectivity index (χ2v) is 10.3. The lowest BCUT2D eigenvalue weighted by Gasteiger charge is -2.34. The lowest BCUT2D eigenvalue weighted by Crippen LogP contribution is -2.43. The van der Waals surface area contributed by atoms with E-state index in [1.807, 2.05) is 36.9 Å². The topological polar surface area (TPSA) is 81.2 Å². The maximum Gasteiger partial charge on any atom is 0.252 e. The molecule has 0 amide bonds. The van der Waals surface area contributed by atoms with E-state index in [9.17, 15) is 8.42 Å². The van der Waals surface area contributed by atoms with Crippen molar-refractivity contribution in [2.45, 2.75) is 56.3 Å². The highest BCUT2D eigenvalue weighted by atomic mass is 32.2. The van der Waals surface area contributed by atoms with Gasteiger partial charge in [0.1, 0.15) is 9.97 Å². The second-order valence-electron chi connectivity index (χ2n) is 7.14. The van der Waals surface area contributed by atoms with Gasteiger partial charge in [-0.15, -0.1) is 11.3 Å². The van der Waals surface area contributed by atoms with Crippen molar-refractivity contribution >= 4 is 21.4 Å². The van der Waals surface area contributed by atoms with Gasteiger partial charge in [-0.3, -0.25) is 4.68 Å². The molecule has 7 nitrogen and oxygen atoms in total. The molecular weight excluding hydrogens is 396 g/mol. The van der Waals surface area contributed by atoms with Crippen molar-refractivity contribution in [1.29, 1.82) is 0 Å². The summed E-state index contributed by atoms with van der Waals surface area (Å²) < 4.78 is 35.9. The molecule has 1 fully saturated rings. The molecule has 0 aromatic carbocycles. The van der Waals surface area contributed by atoms with Crippen LogP contribution in [0.3, 0.4) is 0 Å². The van der Waals surface area contributed by atoms with Gasteiger partial charge < -0.3 is 4.52 Å². The van der Waals surface area contributed by atoms with Crippen LogP contribution in [0.2, 0.25) is 0 Å². The summed E-state index contributed by atoms with van der Waals surface area (Å²) in [4.78, 5) is 0.875. The van der Waals surface area contributed by atoms with Gasteiger partial charge in [0.2, 0.25) is 0 Å². The molecule has 150 valence electrons. The van der Waals surface area contributed by atoms with Crippen LogP contribution in [-0.2, 0) is 16.6 Å². The Labute approximate surface area is 169 Å². The molecule has 3 aromatic rings. The van der Waals surface area contributed by atoms with Crippen molar-refractivity contribution in [3.8, 4) is 10.4 Å². The first kappa shape index (κ1) is 19.4. The van der Waals surface area contributed by atoms with Crippen LogP contribution in [0.15, 0.2) is 39.3 Å². The molecule has 0 radical (unpaired) electrons. The number of aryl methyl sites for hydroxylation is 3. The highest BCUT2D eigenvalue weighted by Crippen LogP contribution is 2.37. The first-order valence-electron chi connectivity index (χ1n) is 9.49. The SMILES string of the molecule is Cc1noc(C)c1-c1ccc(S(=O)(=O)N2CCCCC2CCn2cccn2)s1. The number of sulfonamides is 1. The van der Waals surface area contributed by atoms with E-state index in [0.717, 1.165) is 48.4 Å². The zero-order valence-electron chi connectivity index (χ0n) is 16.0.